The number of esters is 1. The summed E-state index contributed by atoms with van der Waals surface area (Å²) >= 11 is 5.95. The molecule has 4 nitrogen and oxygen atoms in total. The van der Waals surface area contributed by atoms with E-state index in [0.717, 1.165) is 16.7 Å². The van der Waals surface area contributed by atoms with Gasteiger partial charge < -0.3 is 4.74 Å². The SMILES string of the molecule is CS(=O)(=O)c1ccc(/C(=C2\CCC(=O)O2)c2ccc(Cl)cc2)cc1. The lowest BCUT2D eigenvalue weighted by molar-refractivity contribution is -0.135. The summed E-state index contributed by atoms with van der Waals surface area (Å²) in [5, 5.41) is 0.610. The van der Waals surface area contributed by atoms with Crippen LogP contribution in [0.15, 0.2) is 59.2 Å². The van der Waals surface area contributed by atoms with E-state index in [2.05, 4.69) is 0 Å². The van der Waals surface area contributed by atoms with E-state index in [0.29, 0.717) is 23.6 Å². The number of hydrogen-bond donors (Lipinski definition) is 0. The van der Waals surface area contributed by atoms with Crippen LogP contribution >= 0.6 is 11.6 Å². The maximum absolute atomic E-state index is 11.6. The molecule has 0 unspecified atom stereocenters. The first kappa shape index (κ1) is 16.7. The maximum Gasteiger partial charge on any atom is 0.311 e. The third kappa shape index (κ3) is 3.52. The zero-order valence-corrected chi connectivity index (χ0v) is 14.5. The van der Waals surface area contributed by atoms with Crippen LogP contribution in [0.5, 0.6) is 0 Å². The lowest BCUT2D eigenvalue weighted by atomic mass is 9.96. The minimum absolute atomic E-state index is 0.245. The first-order valence-electron chi connectivity index (χ1n) is 7.35. The Hall–Kier alpha value is -2.11. The third-order valence-corrected chi connectivity index (χ3v) is 5.16. The summed E-state index contributed by atoms with van der Waals surface area (Å²) in [7, 11) is -3.26. The Bertz CT molecular complexity index is 910. The largest absolute Gasteiger partial charge is 0.430 e. The van der Waals surface area contributed by atoms with Gasteiger partial charge in [0.05, 0.1) is 11.3 Å². The fourth-order valence-corrected chi connectivity index (χ4v) is 3.36. The lowest BCUT2D eigenvalue weighted by Gasteiger charge is -2.12. The van der Waals surface area contributed by atoms with E-state index in [1.165, 1.54) is 6.26 Å². The number of cyclic esters (lactones) is 1. The van der Waals surface area contributed by atoms with Gasteiger partial charge >= 0.3 is 5.97 Å². The number of allylic oxidation sites excluding steroid dienone is 1. The summed E-state index contributed by atoms with van der Waals surface area (Å²) in [4.78, 5) is 11.7. The molecule has 0 aromatic heterocycles. The Morgan fingerprint density at radius 1 is 0.958 bits per heavy atom. The molecular formula is C18H15ClO4S. The summed E-state index contributed by atoms with van der Waals surface area (Å²) < 4.78 is 28.6. The Morgan fingerprint density at radius 2 is 1.50 bits per heavy atom. The van der Waals surface area contributed by atoms with E-state index in [-0.39, 0.29) is 10.9 Å². The van der Waals surface area contributed by atoms with Crippen molar-refractivity contribution >= 4 is 33.0 Å². The van der Waals surface area contributed by atoms with Crippen LogP contribution in [0.3, 0.4) is 0 Å². The second-order valence-electron chi connectivity index (χ2n) is 5.58. The van der Waals surface area contributed by atoms with Crippen molar-refractivity contribution in [3.8, 4) is 0 Å². The van der Waals surface area contributed by atoms with Gasteiger partial charge in [-0.3, -0.25) is 4.79 Å². The second-order valence-corrected chi connectivity index (χ2v) is 8.03. The van der Waals surface area contributed by atoms with E-state index in [1.807, 2.05) is 12.1 Å². The molecule has 2 aromatic rings. The van der Waals surface area contributed by atoms with Gasteiger partial charge in [-0.15, -0.1) is 0 Å². The molecule has 0 spiro atoms. The fraction of sp³-hybridized carbons (Fsp3) is 0.167. The quantitative estimate of drug-likeness (QED) is 0.778. The van der Waals surface area contributed by atoms with Crippen LogP contribution in [-0.2, 0) is 19.4 Å². The molecule has 0 aliphatic carbocycles. The molecule has 2 aromatic carbocycles. The number of halogens is 1. The van der Waals surface area contributed by atoms with Crippen LogP contribution in [-0.4, -0.2) is 20.6 Å². The van der Waals surface area contributed by atoms with Crippen molar-refractivity contribution in [1.29, 1.82) is 0 Å². The fourth-order valence-electron chi connectivity index (χ4n) is 2.61. The molecule has 1 saturated heterocycles. The van der Waals surface area contributed by atoms with E-state index in [4.69, 9.17) is 16.3 Å². The normalized spacial score (nSPS) is 16.8. The van der Waals surface area contributed by atoms with Crippen LogP contribution in [0.4, 0.5) is 0 Å². The van der Waals surface area contributed by atoms with Crippen molar-refractivity contribution in [3.05, 3.63) is 70.4 Å². The zero-order valence-electron chi connectivity index (χ0n) is 13.0. The van der Waals surface area contributed by atoms with Crippen LogP contribution < -0.4 is 0 Å². The number of carbonyl (C=O) groups excluding carboxylic acids is 1. The van der Waals surface area contributed by atoms with Crippen molar-refractivity contribution in [1.82, 2.24) is 0 Å². The number of sulfone groups is 1. The molecule has 6 heteroatoms. The summed E-state index contributed by atoms with van der Waals surface area (Å²) in [6.45, 7) is 0. The Balaban J connectivity index is 2.12. The highest BCUT2D eigenvalue weighted by molar-refractivity contribution is 7.90. The first-order chi connectivity index (χ1) is 11.3. The molecule has 0 N–H and O–H groups in total. The zero-order chi connectivity index (χ0) is 17.3. The molecule has 124 valence electrons. The molecule has 0 radical (unpaired) electrons. The molecule has 1 heterocycles. The molecule has 1 aliphatic rings. The summed E-state index contributed by atoms with van der Waals surface area (Å²) in [5.41, 5.74) is 2.42. The van der Waals surface area contributed by atoms with Gasteiger partial charge in [-0.25, -0.2) is 8.42 Å². The molecule has 0 atom stereocenters. The molecular weight excluding hydrogens is 348 g/mol. The van der Waals surface area contributed by atoms with Crippen molar-refractivity contribution in [2.24, 2.45) is 0 Å². The van der Waals surface area contributed by atoms with Crippen molar-refractivity contribution in [2.45, 2.75) is 17.7 Å². The van der Waals surface area contributed by atoms with Gasteiger partial charge in [0.1, 0.15) is 5.76 Å². The van der Waals surface area contributed by atoms with Crippen molar-refractivity contribution < 1.29 is 17.9 Å². The Labute approximate surface area is 145 Å². The van der Waals surface area contributed by atoms with E-state index in [9.17, 15) is 13.2 Å². The van der Waals surface area contributed by atoms with Gasteiger partial charge in [-0.1, -0.05) is 35.9 Å². The van der Waals surface area contributed by atoms with Gasteiger partial charge in [-0.05, 0) is 35.4 Å². The minimum Gasteiger partial charge on any atom is -0.430 e. The van der Waals surface area contributed by atoms with Gasteiger partial charge in [0.2, 0.25) is 0 Å². The van der Waals surface area contributed by atoms with E-state index >= 15 is 0 Å². The van der Waals surface area contributed by atoms with Crippen LogP contribution in [0.25, 0.3) is 5.57 Å². The Kier molecular flexibility index (Phi) is 4.47. The highest BCUT2D eigenvalue weighted by Crippen LogP contribution is 2.34. The van der Waals surface area contributed by atoms with Gasteiger partial charge in [0.15, 0.2) is 9.84 Å². The molecule has 24 heavy (non-hydrogen) atoms. The first-order valence-corrected chi connectivity index (χ1v) is 9.62. The number of hydrogen-bond acceptors (Lipinski definition) is 4. The molecule has 0 saturated carbocycles. The van der Waals surface area contributed by atoms with Crippen LogP contribution in [0.1, 0.15) is 24.0 Å². The average Bonchev–Trinajstić information content (AvgIpc) is 2.95. The van der Waals surface area contributed by atoms with E-state index < -0.39 is 9.84 Å². The van der Waals surface area contributed by atoms with Crippen LogP contribution in [0, 0.1) is 0 Å². The van der Waals surface area contributed by atoms with Crippen molar-refractivity contribution in [3.63, 3.8) is 0 Å². The summed E-state index contributed by atoms with van der Waals surface area (Å²) in [6, 6.07) is 13.8. The Morgan fingerprint density at radius 3 is 1.96 bits per heavy atom. The van der Waals surface area contributed by atoms with Crippen LogP contribution in [0.2, 0.25) is 5.02 Å². The van der Waals surface area contributed by atoms with Crippen molar-refractivity contribution in [2.75, 3.05) is 6.26 Å². The maximum atomic E-state index is 11.6. The van der Waals surface area contributed by atoms with E-state index in [1.54, 1.807) is 36.4 Å². The highest BCUT2D eigenvalue weighted by atomic mass is 35.5. The van der Waals surface area contributed by atoms with Gasteiger partial charge in [0, 0.05) is 23.3 Å². The monoisotopic (exact) mass is 362 g/mol. The molecule has 0 bridgehead atoms. The second kappa shape index (κ2) is 6.42. The highest BCUT2D eigenvalue weighted by Gasteiger charge is 2.23. The average molecular weight is 363 g/mol. The lowest BCUT2D eigenvalue weighted by Crippen LogP contribution is -1.99. The van der Waals surface area contributed by atoms with Gasteiger partial charge in [-0.2, -0.15) is 0 Å². The predicted molar refractivity (Wildman–Crippen MR) is 92.4 cm³/mol. The molecule has 1 aliphatic heterocycles. The smallest absolute Gasteiger partial charge is 0.311 e. The number of rotatable bonds is 3. The molecule has 1 fully saturated rings. The number of carbonyl (C=O) groups is 1. The number of benzene rings is 2. The summed E-state index contributed by atoms with van der Waals surface area (Å²) in [6.07, 6.45) is 2.03. The topological polar surface area (TPSA) is 60.4 Å². The number of ether oxygens (including phenoxy) is 1. The third-order valence-electron chi connectivity index (χ3n) is 3.78. The standard InChI is InChI=1S/C18H15ClO4S/c1-24(21,22)15-8-4-13(5-9-15)18(16-10-11-17(20)23-16)12-2-6-14(19)7-3-12/h2-9H,10-11H2,1H3/b18-16+. The molecule has 0 amide bonds. The summed E-state index contributed by atoms with van der Waals surface area (Å²) in [5.74, 6) is 0.332. The minimum atomic E-state index is -3.26. The predicted octanol–water partition coefficient (Wildman–Crippen LogP) is 3.84. The van der Waals surface area contributed by atoms with Gasteiger partial charge in [0.25, 0.3) is 0 Å². The molecule has 3 rings (SSSR count).